The molecule has 0 atom stereocenters. The lowest BCUT2D eigenvalue weighted by Gasteiger charge is -2.10. The molecule has 0 aliphatic heterocycles. The molecule has 2 aromatic rings. The fourth-order valence-electron chi connectivity index (χ4n) is 1.87. The molecule has 1 aromatic heterocycles. The van der Waals surface area contributed by atoms with E-state index < -0.39 is 4.92 Å². The Bertz CT molecular complexity index is 708. The Hall–Kier alpha value is -2.90. The Morgan fingerprint density at radius 2 is 2.10 bits per heavy atom. The predicted octanol–water partition coefficient (Wildman–Crippen LogP) is 2.25. The first-order chi connectivity index (χ1) is 9.97. The molecule has 0 bridgehead atoms. The molecule has 0 amide bonds. The summed E-state index contributed by atoms with van der Waals surface area (Å²) in [6.07, 6.45) is 0.626. The molecule has 2 rings (SSSR count). The van der Waals surface area contributed by atoms with Gasteiger partial charge in [-0.3, -0.25) is 14.9 Å². The Balaban J connectivity index is 2.50. The highest BCUT2D eigenvalue weighted by Gasteiger charge is 2.19. The topological polar surface area (TPSA) is 96.5 Å². The maximum atomic E-state index is 11.1. The molecule has 0 saturated heterocycles. The molecule has 8 nitrogen and oxygen atoms in total. The fourth-order valence-corrected chi connectivity index (χ4v) is 1.87. The van der Waals surface area contributed by atoms with Gasteiger partial charge in [0, 0.05) is 13.1 Å². The van der Waals surface area contributed by atoms with Gasteiger partial charge in [-0.25, -0.2) is 4.68 Å². The molecule has 21 heavy (non-hydrogen) atoms. The van der Waals surface area contributed by atoms with Gasteiger partial charge in [-0.2, -0.15) is 5.10 Å². The van der Waals surface area contributed by atoms with Crippen molar-refractivity contribution in [1.29, 1.82) is 0 Å². The summed E-state index contributed by atoms with van der Waals surface area (Å²) < 4.78 is 12.1. The van der Waals surface area contributed by atoms with Crippen molar-refractivity contribution in [2.24, 2.45) is 7.05 Å². The maximum Gasteiger partial charge on any atom is 0.273 e. The van der Waals surface area contributed by atoms with Crippen LogP contribution in [0.4, 0.5) is 5.69 Å². The van der Waals surface area contributed by atoms with Crippen molar-refractivity contribution in [3.8, 4) is 17.4 Å². The second-order valence-electron chi connectivity index (χ2n) is 4.24. The number of carbonyl (C=O) groups excluding carboxylic acids is 1. The number of ether oxygens (including phenoxy) is 2. The molecule has 0 N–H and O–H groups in total. The molecule has 0 saturated carbocycles. The van der Waals surface area contributed by atoms with E-state index in [1.54, 1.807) is 14.0 Å². The van der Waals surface area contributed by atoms with E-state index in [-0.39, 0.29) is 22.9 Å². The van der Waals surface area contributed by atoms with Crippen LogP contribution in [0.2, 0.25) is 0 Å². The highest BCUT2D eigenvalue weighted by molar-refractivity contribution is 5.80. The van der Waals surface area contributed by atoms with Crippen molar-refractivity contribution in [3.63, 3.8) is 0 Å². The Morgan fingerprint density at radius 1 is 1.38 bits per heavy atom. The molecule has 1 aromatic carbocycles. The smallest absolute Gasteiger partial charge is 0.273 e. The number of non-ortho nitro benzene ring substituents is 1. The highest BCUT2D eigenvalue weighted by Crippen LogP contribution is 2.35. The number of aryl methyl sites for hydroxylation is 2. The van der Waals surface area contributed by atoms with E-state index in [0.717, 1.165) is 0 Å². The van der Waals surface area contributed by atoms with Gasteiger partial charge in [-0.15, -0.1) is 0 Å². The summed E-state index contributed by atoms with van der Waals surface area (Å²) in [5.41, 5.74) is 0.648. The summed E-state index contributed by atoms with van der Waals surface area (Å²) >= 11 is 0. The van der Waals surface area contributed by atoms with Crippen LogP contribution in [0.15, 0.2) is 18.2 Å². The predicted molar refractivity (Wildman–Crippen MR) is 73.1 cm³/mol. The van der Waals surface area contributed by atoms with Gasteiger partial charge in [-0.1, -0.05) is 0 Å². The molecule has 1 heterocycles. The summed E-state index contributed by atoms with van der Waals surface area (Å²) in [5, 5.41) is 14.9. The van der Waals surface area contributed by atoms with Crippen LogP contribution in [-0.4, -0.2) is 28.1 Å². The number of aldehydes is 1. The average molecular weight is 291 g/mol. The van der Waals surface area contributed by atoms with Crippen molar-refractivity contribution >= 4 is 12.0 Å². The molecule has 0 aliphatic carbocycles. The molecule has 110 valence electrons. The van der Waals surface area contributed by atoms with Gasteiger partial charge in [0.2, 0.25) is 5.88 Å². The van der Waals surface area contributed by atoms with Crippen LogP contribution in [0.25, 0.3) is 0 Å². The zero-order valence-corrected chi connectivity index (χ0v) is 11.7. The van der Waals surface area contributed by atoms with Gasteiger partial charge < -0.3 is 9.47 Å². The average Bonchev–Trinajstić information content (AvgIpc) is 2.72. The SMILES string of the molecule is COc1ccc([N+](=O)[O-])cc1Oc1c(C=O)c(C)nn1C. The van der Waals surface area contributed by atoms with Crippen LogP contribution in [0, 0.1) is 17.0 Å². The molecular weight excluding hydrogens is 278 g/mol. The summed E-state index contributed by atoms with van der Waals surface area (Å²) in [7, 11) is 3.03. The summed E-state index contributed by atoms with van der Waals surface area (Å²) in [6.45, 7) is 1.67. The van der Waals surface area contributed by atoms with Gasteiger partial charge in [0.1, 0.15) is 0 Å². The summed E-state index contributed by atoms with van der Waals surface area (Å²) in [6, 6.07) is 3.97. The number of rotatable bonds is 5. The lowest BCUT2D eigenvalue weighted by molar-refractivity contribution is -0.384. The third-order valence-electron chi connectivity index (χ3n) is 2.90. The molecule has 8 heteroatoms. The Kier molecular flexibility index (Phi) is 3.88. The minimum absolute atomic E-state index is 0.137. The maximum absolute atomic E-state index is 11.1. The zero-order chi connectivity index (χ0) is 15.6. The van der Waals surface area contributed by atoms with E-state index in [4.69, 9.17) is 9.47 Å². The fraction of sp³-hybridized carbons (Fsp3) is 0.231. The number of benzene rings is 1. The first-order valence-corrected chi connectivity index (χ1v) is 5.97. The van der Waals surface area contributed by atoms with E-state index in [0.29, 0.717) is 17.7 Å². The first-order valence-electron chi connectivity index (χ1n) is 5.97. The van der Waals surface area contributed by atoms with E-state index in [1.165, 1.54) is 30.0 Å². The number of hydrogen-bond acceptors (Lipinski definition) is 6. The molecule has 0 radical (unpaired) electrons. The van der Waals surface area contributed by atoms with Crippen molar-refractivity contribution < 1.29 is 19.2 Å². The molecular formula is C13H13N3O5. The second kappa shape index (κ2) is 5.61. The number of carbonyl (C=O) groups is 1. The van der Waals surface area contributed by atoms with Crippen LogP contribution in [0.5, 0.6) is 17.4 Å². The van der Waals surface area contributed by atoms with E-state index in [1.807, 2.05) is 0 Å². The number of nitro groups is 1. The minimum Gasteiger partial charge on any atom is -0.493 e. The third kappa shape index (κ3) is 2.69. The zero-order valence-electron chi connectivity index (χ0n) is 11.7. The largest absolute Gasteiger partial charge is 0.493 e. The van der Waals surface area contributed by atoms with Crippen LogP contribution in [0.1, 0.15) is 16.1 Å². The number of nitro benzene ring substituents is 1. The number of aromatic nitrogens is 2. The lowest BCUT2D eigenvalue weighted by atomic mass is 10.2. The molecule has 0 fully saturated rings. The van der Waals surface area contributed by atoms with Crippen molar-refractivity contribution in [3.05, 3.63) is 39.6 Å². The third-order valence-corrected chi connectivity index (χ3v) is 2.90. The first kappa shape index (κ1) is 14.5. The molecule has 0 unspecified atom stereocenters. The summed E-state index contributed by atoms with van der Waals surface area (Å²) in [5.74, 6) is 0.649. The Labute approximate surface area is 120 Å². The second-order valence-corrected chi connectivity index (χ2v) is 4.24. The van der Waals surface area contributed by atoms with Crippen molar-refractivity contribution in [1.82, 2.24) is 9.78 Å². The van der Waals surface area contributed by atoms with Gasteiger partial charge >= 0.3 is 0 Å². The number of methoxy groups -OCH3 is 1. The van der Waals surface area contributed by atoms with Gasteiger partial charge in [-0.05, 0) is 13.0 Å². The molecule has 0 spiro atoms. The van der Waals surface area contributed by atoms with Crippen LogP contribution < -0.4 is 9.47 Å². The van der Waals surface area contributed by atoms with Crippen molar-refractivity contribution in [2.75, 3.05) is 7.11 Å². The monoisotopic (exact) mass is 291 g/mol. The normalized spacial score (nSPS) is 10.2. The highest BCUT2D eigenvalue weighted by atomic mass is 16.6. The Morgan fingerprint density at radius 3 is 2.67 bits per heavy atom. The van der Waals surface area contributed by atoms with Crippen LogP contribution in [-0.2, 0) is 7.05 Å². The van der Waals surface area contributed by atoms with Crippen molar-refractivity contribution in [2.45, 2.75) is 6.92 Å². The molecule has 0 aliphatic rings. The van der Waals surface area contributed by atoms with Gasteiger partial charge in [0.05, 0.1) is 29.4 Å². The van der Waals surface area contributed by atoms with Gasteiger partial charge in [0.15, 0.2) is 17.8 Å². The summed E-state index contributed by atoms with van der Waals surface area (Å²) in [4.78, 5) is 21.4. The number of nitrogens with zero attached hydrogens (tertiary/aromatic N) is 3. The lowest BCUT2D eigenvalue weighted by Crippen LogP contribution is -1.99. The van der Waals surface area contributed by atoms with Gasteiger partial charge in [0.25, 0.3) is 5.69 Å². The van der Waals surface area contributed by atoms with E-state index >= 15 is 0 Å². The number of hydrogen-bond donors (Lipinski definition) is 0. The quantitative estimate of drug-likeness (QED) is 0.476. The van der Waals surface area contributed by atoms with E-state index in [9.17, 15) is 14.9 Å². The van der Waals surface area contributed by atoms with Crippen LogP contribution in [0.3, 0.4) is 0 Å². The van der Waals surface area contributed by atoms with E-state index in [2.05, 4.69) is 5.10 Å². The minimum atomic E-state index is -0.540. The standard InChI is InChI=1S/C13H13N3O5/c1-8-10(7-17)13(15(2)14-8)21-12-6-9(16(18)19)4-5-11(12)20-3/h4-7H,1-3H3. The van der Waals surface area contributed by atoms with Crippen LogP contribution >= 0.6 is 0 Å².